The summed E-state index contributed by atoms with van der Waals surface area (Å²) in [6.07, 6.45) is 3.48. The van der Waals surface area contributed by atoms with Crippen molar-refractivity contribution in [1.82, 2.24) is 4.90 Å². The Balaban J connectivity index is 1.99. The normalized spacial score (nSPS) is 20.5. The van der Waals surface area contributed by atoms with Gasteiger partial charge in [0, 0.05) is 11.3 Å². The van der Waals surface area contributed by atoms with Gasteiger partial charge in [-0.25, -0.2) is 14.5 Å². The number of nitrogens with zero attached hydrogens (tertiary/aromatic N) is 1. The number of amides is 2. The van der Waals surface area contributed by atoms with E-state index in [1.54, 1.807) is 27.7 Å². The highest BCUT2D eigenvalue weighted by atomic mass is 32.2. The first-order valence-electron chi connectivity index (χ1n) is 11.3. The molecule has 6 nitrogen and oxygen atoms in total. The van der Waals surface area contributed by atoms with E-state index in [0.717, 1.165) is 15.4 Å². The van der Waals surface area contributed by atoms with Gasteiger partial charge in [-0.15, -0.1) is 11.8 Å². The number of ether oxygens (including phenoxy) is 2. The molecule has 0 saturated carbocycles. The number of allylic oxidation sites excluding steroid dienone is 1. The van der Waals surface area contributed by atoms with Crippen LogP contribution in [-0.4, -0.2) is 45.9 Å². The zero-order chi connectivity index (χ0) is 24.8. The molecule has 0 bridgehead atoms. The molecule has 1 aliphatic heterocycles. The van der Waals surface area contributed by atoms with Gasteiger partial charge in [0.05, 0.1) is 6.61 Å². The number of benzene rings is 2. The van der Waals surface area contributed by atoms with E-state index in [1.807, 2.05) is 72.8 Å². The van der Waals surface area contributed by atoms with Gasteiger partial charge in [-0.05, 0) is 51.8 Å². The topological polar surface area (TPSA) is 72.9 Å². The molecular formula is C27H31NO5S. The maximum Gasteiger partial charge on any atom is 0.417 e. The highest BCUT2D eigenvalue weighted by Crippen LogP contribution is 2.47. The summed E-state index contributed by atoms with van der Waals surface area (Å²) in [5.41, 5.74) is 0.181. The smallest absolute Gasteiger partial charge is 0.417 e. The number of hydrogen-bond donors (Lipinski definition) is 0. The number of esters is 1. The Bertz CT molecular complexity index is 1030. The lowest BCUT2D eigenvalue weighted by atomic mass is 9.99. The number of hydrogen-bond acceptors (Lipinski definition) is 6. The molecule has 2 amide bonds. The lowest BCUT2D eigenvalue weighted by Crippen LogP contribution is -2.47. The highest BCUT2D eigenvalue weighted by Gasteiger charge is 2.57. The van der Waals surface area contributed by atoms with Gasteiger partial charge in [-0.2, -0.15) is 0 Å². The highest BCUT2D eigenvalue weighted by molar-refractivity contribution is 8.01. The molecule has 180 valence electrons. The molecule has 7 heteroatoms. The van der Waals surface area contributed by atoms with E-state index in [0.29, 0.717) is 6.42 Å². The average molecular weight is 482 g/mol. The second kappa shape index (κ2) is 10.9. The van der Waals surface area contributed by atoms with E-state index in [2.05, 4.69) is 0 Å². The van der Waals surface area contributed by atoms with Crippen molar-refractivity contribution in [3.05, 3.63) is 72.3 Å². The summed E-state index contributed by atoms with van der Waals surface area (Å²) in [5.74, 6) is -1.06. The van der Waals surface area contributed by atoms with Gasteiger partial charge in [0.25, 0.3) is 0 Å². The summed E-state index contributed by atoms with van der Waals surface area (Å²) in [4.78, 5) is 41.6. The van der Waals surface area contributed by atoms with Gasteiger partial charge in [0.15, 0.2) is 0 Å². The minimum atomic E-state index is -1.07. The van der Waals surface area contributed by atoms with E-state index in [1.165, 1.54) is 11.8 Å². The van der Waals surface area contributed by atoms with Gasteiger partial charge in [-0.3, -0.25) is 4.79 Å². The minimum absolute atomic E-state index is 0.128. The van der Waals surface area contributed by atoms with Gasteiger partial charge in [0.2, 0.25) is 5.91 Å². The summed E-state index contributed by atoms with van der Waals surface area (Å²) in [5, 5.41) is 0. The molecule has 0 spiro atoms. The largest absolute Gasteiger partial charge is 0.464 e. The van der Waals surface area contributed by atoms with E-state index in [4.69, 9.17) is 9.47 Å². The Morgan fingerprint density at radius 3 is 2.29 bits per heavy atom. The molecule has 0 unspecified atom stereocenters. The van der Waals surface area contributed by atoms with Gasteiger partial charge in [0.1, 0.15) is 16.4 Å². The Kier molecular flexibility index (Phi) is 8.20. The number of thioether (sulfide) groups is 1. The molecule has 34 heavy (non-hydrogen) atoms. The average Bonchev–Trinajstić information content (AvgIpc) is 3.07. The fourth-order valence-corrected chi connectivity index (χ4v) is 5.11. The molecule has 1 saturated heterocycles. The maximum atomic E-state index is 13.9. The van der Waals surface area contributed by atoms with Crippen molar-refractivity contribution < 1.29 is 23.9 Å². The van der Waals surface area contributed by atoms with E-state index in [-0.39, 0.29) is 13.0 Å². The Hall–Kier alpha value is -3.06. The Labute approximate surface area is 205 Å². The zero-order valence-electron chi connectivity index (χ0n) is 20.0. The molecule has 0 aliphatic carbocycles. The van der Waals surface area contributed by atoms with Crippen LogP contribution in [0, 0.1) is 0 Å². The fourth-order valence-electron chi connectivity index (χ4n) is 3.76. The van der Waals surface area contributed by atoms with Crippen LogP contribution in [0.15, 0.2) is 71.6 Å². The molecule has 2 atom stereocenters. The van der Waals surface area contributed by atoms with Crippen molar-refractivity contribution in [2.75, 3.05) is 6.61 Å². The number of carbonyl (C=O) groups excluding carboxylic acids is 3. The van der Waals surface area contributed by atoms with Crippen molar-refractivity contribution in [2.45, 2.75) is 61.8 Å². The predicted octanol–water partition coefficient (Wildman–Crippen LogP) is 5.72. The molecule has 1 heterocycles. The molecule has 0 N–H and O–H groups in total. The van der Waals surface area contributed by atoms with Gasteiger partial charge in [-0.1, -0.05) is 60.7 Å². The van der Waals surface area contributed by atoms with Crippen LogP contribution in [0.3, 0.4) is 0 Å². The van der Waals surface area contributed by atoms with Crippen molar-refractivity contribution in [3.8, 4) is 0 Å². The van der Waals surface area contributed by atoms with Crippen LogP contribution in [0.1, 0.15) is 46.1 Å². The summed E-state index contributed by atoms with van der Waals surface area (Å²) in [7, 11) is 0. The van der Waals surface area contributed by atoms with Crippen molar-refractivity contribution in [2.24, 2.45) is 0 Å². The summed E-state index contributed by atoms with van der Waals surface area (Å²) >= 11 is 1.36. The number of likely N-dealkylation sites (tertiary alicyclic amines) is 1. The van der Waals surface area contributed by atoms with Crippen molar-refractivity contribution in [1.29, 1.82) is 0 Å². The van der Waals surface area contributed by atoms with E-state index in [9.17, 15) is 14.4 Å². The Morgan fingerprint density at radius 1 is 1.09 bits per heavy atom. The summed E-state index contributed by atoms with van der Waals surface area (Å²) in [6, 6.07) is 18.2. The summed E-state index contributed by atoms with van der Waals surface area (Å²) < 4.78 is 9.66. The van der Waals surface area contributed by atoms with Gasteiger partial charge < -0.3 is 9.47 Å². The summed E-state index contributed by atoms with van der Waals surface area (Å²) in [6.45, 7) is 7.01. The lowest BCUT2D eigenvalue weighted by molar-refractivity contribution is -0.151. The first-order valence-corrected chi connectivity index (χ1v) is 12.2. The molecule has 2 aromatic rings. The van der Waals surface area contributed by atoms with Crippen LogP contribution >= 0.6 is 11.8 Å². The number of imide groups is 1. The van der Waals surface area contributed by atoms with E-state index < -0.39 is 34.4 Å². The monoisotopic (exact) mass is 481 g/mol. The first-order chi connectivity index (χ1) is 16.1. The molecule has 1 fully saturated rings. The van der Waals surface area contributed by atoms with E-state index >= 15 is 0 Å². The van der Waals surface area contributed by atoms with Crippen molar-refractivity contribution in [3.63, 3.8) is 0 Å². The standard InChI is InChI=1S/C27H31NO5S/c1-5-32-23(29)22-19-27(34-21-16-10-7-11-17-21,18-12-15-20-13-8-6-9-14-20)24(30)28(22)25(31)33-26(2,3)4/h6-17,22H,5,18-19H2,1-4H3/b15-12+/t22-,27+/m0/s1. The second-order valence-corrected chi connectivity index (χ2v) is 10.5. The minimum Gasteiger partial charge on any atom is -0.464 e. The second-order valence-electron chi connectivity index (χ2n) is 9.05. The quantitative estimate of drug-likeness (QED) is 0.471. The third-order valence-corrected chi connectivity index (χ3v) is 6.61. The van der Waals surface area contributed by atoms with Crippen LogP contribution in [0.5, 0.6) is 0 Å². The third-order valence-electron chi connectivity index (χ3n) is 5.21. The van der Waals surface area contributed by atoms with Gasteiger partial charge >= 0.3 is 12.1 Å². The van der Waals surface area contributed by atoms with Crippen LogP contribution in [-0.2, 0) is 19.1 Å². The lowest BCUT2D eigenvalue weighted by Gasteiger charge is -2.27. The third kappa shape index (κ3) is 6.29. The SMILES string of the molecule is CCOC(=O)[C@@H]1C[C@@](C/C=C/c2ccccc2)(Sc2ccccc2)C(=O)N1C(=O)OC(C)(C)C. The first kappa shape index (κ1) is 25.6. The van der Waals surface area contributed by atoms with Crippen LogP contribution in [0.25, 0.3) is 6.08 Å². The van der Waals surface area contributed by atoms with Crippen molar-refractivity contribution >= 4 is 35.8 Å². The fraction of sp³-hybridized carbons (Fsp3) is 0.370. The van der Waals surface area contributed by atoms with Crippen LogP contribution in [0.2, 0.25) is 0 Å². The van der Waals surface area contributed by atoms with Crippen LogP contribution in [0.4, 0.5) is 4.79 Å². The molecular weight excluding hydrogens is 450 g/mol. The zero-order valence-corrected chi connectivity index (χ0v) is 20.8. The molecule has 3 rings (SSSR count). The molecule has 0 aromatic heterocycles. The predicted molar refractivity (Wildman–Crippen MR) is 133 cm³/mol. The molecule has 1 aliphatic rings. The number of carbonyl (C=O) groups is 3. The molecule has 0 radical (unpaired) electrons. The number of rotatable bonds is 7. The molecule has 2 aromatic carbocycles. The Morgan fingerprint density at radius 2 is 1.71 bits per heavy atom. The maximum absolute atomic E-state index is 13.9. The van der Waals surface area contributed by atoms with Crippen LogP contribution < -0.4 is 0 Å².